The molecule has 1 aromatic carbocycles. The van der Waals surface area contributed by atoms with Gasteiger partial charge in [0.05, 0.1) is 6.04 Å². The summed E-state index contributed by atoms with van der Waals surface area (Å²) < 4.78 is 12.2. The summed E-state index contributed by atoms with van der Waals surface area (Å²) in [5.41, 5.74) is 1.55. The van der Waals surface area contributed by atoms with Crippen molar-refractivity contribution >= 4 is 30.3 Å². The van der Waals surface area contributed by atoms with Crippen molar-refractivity contribution in [3.63, 3.8) is 0 Å². The molecule has 0 aliphatic carbocycles. The molecule has 170 valence electrons. The first kappa shape index (κ1) is 23.5. The van der Waals surface area contributed by atoms with Crippen LogP contribution in [0.2, 0.25) is 0 Å². The second-order valence-electron chi connectivity index (χ2n) is 8.52. The third-order valence-electron chi connectivity index (χ3n) is 5.52. The van der Waals surface area contributed by atoms with Gasteiger partial charge in [0.25, 0.3) is 0 Å². The van der Waals surface area contributed by atoms with Gasteiger partial charge in [-0.1, -0.05) is 32.0 Å². The van der Waals surface area contributed by atoms with E-state index in [2.05, 4.69) is 20.9 Å². The van der Waals surface area contributed by atoms with Gasteiger partial charge in [0.15, 0.2) is 0 Å². The summed E-state index contributed by atoms with van der Waals surface area (Å²) in [6, 6.07) is 6.23. The second kappa shape index (κ2) is 9.96. The minimum absolute atomic E-state index is 0.0352. The summed E-state index contributed by atoms with van der Waals surface area (Å²) in [6.45, 7) is 4.60. The van der Waals surface area contributed by atoms with Gasteiger partial charge in [0.1, 0.15) is 11.8 Å². The van der Waals surface area contributed by atoms with Crippen LogP contribution in [0.25, 0.3) is 10.9 Å². The van der Waals surface area contributed by atoms with Gasteiger partial charge in [-0.3, -0.25) is 14.2 Å². The number of benzene rings is 1. The van der Waals surface area contributed by atoms with E-state index in [1.807, 2.05) is 38.1 Å². The summed E-state index contributed by atoms with van der Waals surface area (Å²) in [4.78, 5) is 48.4. The summed E-state index contributed by atoms with van der Waals surface area (Å²) >= 11 is 0. The number of H-pyrrole nitrogens is 1. The number of rotatable bonds is 9. The van der Waals surface area contributed by atoms with E-state index < -0.39 is 25.3 Å². The van der Waals surface area contributed by atoms with Crippen molar-refractivity contribution in [2.24, 2.45) is 5.92 Å². The van der Waals surface area contributed by atoms with E-state index >= 15 is 0 Å². The molecule has 1 fully saturated rings. The fraction of sp³-hybridized carbons (Fsp3) is 0.524. The average Bonchev–Trinajstić information content (AvgIpc) is 3.36. The number of hydrogen-bond acceptors (Lipinski definition) is 4. The zero-order valence-electron chi connectivity index (χ0n) is 17.8. The number of hydrogen-bond donors (Lipinski definition) is 6. The lowest BCUT2D eigenvalue weighted by Gasteiger charge is -2.26. The maximum atomic E-state index is 13.0. The number of para-hydroxylation sites is 1. The molecule has 3 atom stereocenters. The van der Waals surface area contributed by atoms with Crippen molar-refractivity contribution in [1.29, 1.82) is 0 Å². The van der Waals surface area contributed by atoms with Gasteiger partial charge in [-0.2, -0.15) is 0 Å². The quantitative estimate of drug-likeness (QED) is 0.320. The average molecular weight is 450 g/mol. The van der Waals surface area contributed by atoms with Crippen LogP contribution < -0.4 is 16.0 Å². The number of aromatic amines is 1. The molecule has 0 saturated carbocycles. The van der Waals surface area contributed by atoms with E-state index in [0.29, 0.717) is 18.4 Å². The molecule has 3 rings (SSSR count). The summed E-state index contributed by atoms with van der Waals surface area (Å²) in [7, 11) is -4.65. The van der Waals surface area contributed by atoms with E-state index in [1.54, 1.807) is 6.20 Å². The Hall–Kier alpha value is -2.19. The molecule has 10 heteroatoms. The molecule has 2 amide bonds. The molecule has 1 aromatic heterocycles. The van der Waals surface area contributed by atoms with Crippen molar-refractivity contribution in [2.45, 2.75) is 57.4 Å². The van der Waals surface area contributed by atoms with E-state index in [-0.39, 0.29) is 24.3 Å². The maximum Gasteiger partial charge on any atom is 0.347 e. The summed E-state index contributed by atoms with van der Waals surface area (Å²) in [6.07, 6.45) is 3.62. The Morgan fingerprint density at radius 3 is 2.61 bits per heavy atom. The van der Waals surface area contributed by atoms with Crippen LogP contribution >= 0.6 is 7.60 Å². The van der Waals surface area contributed by atoms with Gasteiger partial charge in [0, 0.05) is 23.5 Å². The van der Waals surface area contributed by atoms with Gasteiger partial charge in [-0.05, 0) is 43.4 Å². The van der Waals surface area contributed by atoms with Crippen LogP contribution in [0.3, 0.4) is 0 Å². The lowest BCUT2D eigenvalue weighted by atomic mass is 10.0. The van der Waals surface area contributed by atoms with Crippen molar-refractivity contribution < 1.29 is 23.9 Å². The molecule has 1 aliphatic heterocycles. The van der Waals surface area contributed by atoms with Crippen LogP contribution in [0.5, 0.6) is 0 Å². The van der Waals surface area contributed by atoms with Crippen LogP contribution in [-0.2, 0) is 20.6 Å². The molecular weight excluding hydrogens is 419 g/mol. The monoisotopic (exact) mass is 450 g/mol. The van der Waals surface area contributed by atoms with Crippen LogP contribution in [0.4, 0.5) is 0 Å². The predicted octanol–water partition coefficient (Wildman–Crippen LogP) is 1.61. The van der Waals surface area contributed by atoms with Crippen molar-refractivity contribution in [3.05, 3.63) is 36.0 Å². The Morgan fingerprint density at radius 2 is 1.97 bits per heavy atom. The first-order chi connectivity index (χ1) is 14.6. The molecule has 0 radical (unpaired) electrons. The third kappa shape index (κ3) is 6.17. The van der Waals surface area contributed by atoms with E-state index in [4.69, 9.17) is 0 Å². The SMILES string of the molecule is CC(C)C[C@H](NC(=O)[C@@H]1CCCN1)C(=O)N[C@H](Cc1c[nH]c2ccccc12)P(=O)(O)O. The highest BCUT2D eigenvalue weighted by atomic mass is 31.2. The molecule has 2 aromatic rings. The summed E-state index contributed by atoms with van der Waals surface area (Å²) in [5, 5.41) is 9.21. The molecular formula is C21H31N4O5P. The number of aromatic nitrogens is 1. The Bertz CT molecular complexity index is 964. The van der Waals surface area contributed by atoms with Crippen molar-refractivity contribution in [2.75, 3.05) is 6.54 Å². The van der Waals surface area contributed by atoms with Gasteiger partial charge in [0.2, 0.25) is 11.8 Å². The molecule has 0 unspecified atom stereocenters. The van der Waals surface area contributed by atoms with Crippen molar-refractivity contribution in [3.8, 4) is 0 Å². The van der Waals surface area contributed by atoms with E-state index in [9.17, 15) is 23.9 Å². The van der Waals surface area contributed by atoms with Crippen LogP contribution in [-0.4, -0.2) is 51.0 Å². The standard InChI is InChI=1S/C21H31N4O5P/c1-13(2)10-18(24-20(26)17-8-5-9-22-17)21(27)25-19(31(28,29)30)11-14-12-23-16-7-4-3-6-15(14)16/h3-4,6-7,12-13,17-19,22-23H,5,8-11H2,1-2H3,(H,24,26)(H,25,27)(H2,28,29,30)/t17-,18-,19-/m0/s1. The minimum atomic E-state index is -4.65. The summed E-state index contributed by atoms with van der Waals surface area (Å²) in [5.74, 6) is -2.14. The molecule has 1 aliphatic rings. The highest BCUT2D eigenvalue weighted by Crippen LogP contribution is 2.42. The maximum absolute atomic E-state index is 13.0. The largest absolute Gasteiger partial charge is 0.361 e. The predicted molar refractivity (Wildman–Crippen MR) is 118 cm³/mol. The van der Waals surface area contributed by atoms with Gasteiger partial charge in [-0.25, -0.2) is 0 Å². The number of fused-ring (bicyclic) bond motifs is 1. The number of carbonyl (C=O) groups excluding carboxylic acids is 2. The first-order valence-electron chi connectivity index (χ1n) is 10.6. The second-order valence-corrected chi connectivity index (χ2v) is 10.3. The van der Waals surface area contributed by atoms with Gasteiger partial charge in [-0.15, -0.1) is 0 Å². The number of carbonyl (C=O) groups is 2. The lowest BCUT2D eigenvalue weighted by Crippen LogP contribution is -2.53. The third-order valence-corrected chi connectivity index (χ3v) is 6.64. The van der Waals surface area contributed by atoms with E-state index in [0.717, 1.165) is 23.9 Å². The molecule has 9 nitrogen and oxygen atoms in total. The van der Waals surface area contributed by atoms with Crippen molar-refractivity contribution in [1.82, 2.24) is 20.9 Å². The molecule has 2 heterocycles. The normalized spacial score (nSPS) is 18.8. The highest BCUT2D eigenvalue weighted by molar-refractivity contribution is 7.52. The van der Waals surface area contributed by atoms with E-state index in [1.165, 1.54) is 0 Å². The zero-order chi connectivity index (χ0) is 22.6. The molecule has 0 spiro atoms. The first-order valence-corrected chi connectivity index (χ1v) is 12.3. The lowest BCUT2D eigenvalue weighted by molar-refractivity contribution is -0.130. The van der Waals surface area contributed by atoms with Crippen LogP contribution in [0.1, 0.15) is 38.7 Å². The van der Waals surface area contributed by atoms with Crippen LogP contribution in [0, 0.1) is 5.92 Å². The molecule has 31 heavy (non-hydrogen) atoms. The molecule has 6 N–H and O–H groups in total. The fourth-order valence-corrected chi connectivity index (χ4v) is 4.64. The zero-order valence-corrected chi connectivity index (χ0v) is 18.7. The highest BCUT2D eigenvalue weighted by Gasteiger charge is 2.34. The number of amides is 2. The minimum Gasteiger partial charge on any atom is -0.361 e. The Morgan fingerprint density at radius 1 is 1.23 bits per heavy atom. The Labute approximate surface area is 181 Å². The van der Waals surface area contributed by atoms with Crippen LogP contribution in [0.15, 0.2) is 30.5 Å². The number of nitrogens with one attached hydrogen (secondary N) is 4. The fourth-order valence-electron chi connectivity index (χ4n) is 3.91. The Balaban J connectivity index is 1.75. The molecule has 0 bridgehead atoms. The van der Waals surface area contributed by atoms with Gasteiger partial charge < -0.3 is 30.7 Å². The molecule has 1 saturated heterocycles. The topological polar surface area (TPSA) is 144 Å². The Kier molecular flexibility index (Phi) is 7.54. The van der Waals surface area contributed by atoms with Gasteiger partial charge >= 0.3 is 7.60 Å². The smallest absolute Gasteiger partial charge is 0.347 e.